The summed E-state index contributed by atoms with van der Waals surface area (Å²) in [5.74, 6) is -1.05. The maximum absolute atomic E-state index is 13.6. The second-order valence-electron chi connectivity index (χ2n) is 6.41. The predicted octanol–water partition coefficient (Wildman–Crippen LogP) is 4.18. The summed E-state index contributed by atoms with van der Waals surface area (Å²) in [4.78, 5) is 25.0. The van der Waals surface area contributed by atoms with Gasteiger partial charge in [-0.05, 0) is 45.4 Å². The van der Waals surface area contributed by atoms with Gasteiger partial charge in [-0.15, -0.1) is 0 Å². The predicted molar refractivity (Wildman–Crippen MR) is 91.8 cm³/mol. The Bertz CT molecular complexity index is 632. The van der Waals surface area contributed by atoms with E-state index in [1.54, 1.807) is 27.7 Å². The van der Waals surface area contributed by atoms with E-state index < -0.39 is 29.5 Å². The topological polar surface area (TPSA) is 58.6 Å². The normalized spacial score (nSPS) is 12.5. The Kier molecular flexibility index (Phi) is 6.86. The monoisotopic (exact) mass is 378 g/mol. The first kappa shape index (κ1) is 20.5. The van der Waals surface area contributed by atoms with Crippen LogP contribution in [0.4, 0.5) is 9.18 Å². The lowest BCUT2D eigenvalue weighted by molar-refractivity contribution is -0.122. The van der Waals surface area contributed by atoms with Crippen LogP contribution in [0.3, 0.4) is 0 Å². The molecule has 1 unspecified atom stereocenters. The van der Waals surface area contributed by atoms with Crippen molar-refractivity contribution in [3.63, 3.8) is 0 Å². The summed E-state index contributed by atoms with van der Waals surface area (Å²) < 4.78 is 18.7. The van der Waals surface area contributed by atoms with E-state index >= 15 is 0 Å². The van der Waals surface area contributed by atoms with Gasteiger partial charge in [-0.2, -0.15) is 0 Å². The zero-order valence-corrected chi connectivity index (χ0v) is 15.8. The van der Waals surface area contributed by atoms with Gasteiger partial charge >= 0.3 is 6.09 Å². The maximum atomic E-state index is 13.6. The standard InChI is InChI=1S/C16H21Cl2FN2O3/c1-9(10-6-13(19)12(18)7-11(10)17)20-14(22)8-21(5)15(23)24-16(2,3)4/h6-7,9H,8H2,1-5H3,(H,20,22). The SMILES string of the molecule is CC(NC(=O)CN(C)C(=O)OC(C)(C)C)c1cc(F)c(Cl)cc1Cl. The van der Waals surface area contributed by atoms with Gasteiger partial charge in [0.05, 0.1) is 11.1 Å². The number of amides is 2. The van der Waals surface area contributed by atoms with Gasteiger partial charge in [0.1, 0.15) is 18.0 Å². The van der Waals surface area contributed by atoms with Crippen molar-refractivity contribution in [3.05, 3.63) is 33.6 Å². The summed E-state index contributed by atoms with van der Waals surface area (Å²) >= 11 is 11.7. The fraction of sp³-hybridized carbons (Fsp3) is 0.500. The largest absolute Gasteiger partial charge is 0.444 e. The lowest BCUT2D eigenvalue weighted by atomic mass is 10.1. The van der Waals surface area contributed by atoms with E-state index in [0.717, 1.165) is 4.90 Å². The molecule has 1 atom stereocenters. The number of rotatable bonds is 4. The summed E-state index contributed by atoms with van der Waals surface area (Å²) in [7, 11) is 1.45. The molecule has 0 radical (unpaired) electrons. The summed E-state index contributed by atoms with van der Waals surface area (Å²) in [6, 6.07) is 1.90. The van der Waals surface area contributed by atoms with Crippen molar-refractivity contribution >= 4 is 35.2 Å². The highest BCUT2D eigenvalue weighted by Crippen LogP contribution is 2.28. The molecule has 0 heterocycles. The molecule has 1 N–H and O–H groups in total. The van der Waals surface area contributed by atoms with E-state index in [-0.39, 0.29) is 16.6 Å². The van der Waals surface area contributed by atoms with E-state index in [2.05, 4.69) is 5.32 Å². The number of halogens is 3. The Morgan fingerprint density at radius 3 is 2.42 bits per heavy atom. The van der Waals surface area contributed by atoms with Crippen molar-refractivity contribution in [3.8, 4) is 0 Å². The van der Waals surface area contributed by atoms with Crippen LogP contribution in [0.15, 0.2) is 12.1 Å². The smallest absolute Gasteiger partial charge is 0.410 e. The molecular formula is C16H21Cl2FN2O3. The van der Waals surface area contributed by atoms with Crippen molar-refractivity contribution in [2.75, 3.05) is 13.6 Å². The van der Waals surface area contributed by atoms with Gasteiger partial charge in [0.2, 0.25) is 5.91 Å². The Balaban J connectivity index is 2.68. The van der Waals surface area contributed by atoms with Gasteiger partial charge in [0.25, 0.3) is 0 Å². The van der Waals surface area contributed by atoms with Crippen molar-refractivity contribution in [2.45, 2.75) is 39.3 Å². The van der Waals surface area contributed by atoms with Crippen molar-refractivity contribution in [2.24, 2.45) is 0 Å². The fourth-order valence-corrected chi connectivity index (χ4v) is 2.40. The Hall–Kier alpha value is -1.53. The number of hydrogen-bond acceptors (Lipinski definition) is 3. The number of nitrogens with one attached hydrogen (secondary N) is 1. The molecule has 0 bridgehead atoms. The van der Waals surface area contributed by atoms with E-state index in [4.69, 9.17) is 27.9 Å². The first-order valence-corrected chi connectivity index (χ1v) is 8.04. The third-order valence-corrected chi connectivity index (χ3v) is 3.59. The van der Waals surface area contributed by atoms with E-state index in [1.807, 2.05) is 0 Å². The molecule has 1 aromatic rings. The van der Waals surface area contributed by atoms with Crippen LogP contribution in [0, 0.1) is 5.82 Å². The van der Waals surface area contributed by atoms with Crippen LogP contribution in [0.5, 0.6) is 0 Å². The molecule has 0 aliphatic rings. The molecule has 0 fully saturated rings. The molecule has 2 amide bonds. The molecule has 0 aliphatic carbocycles. The molecule has 0 aliphatic heterocycles. The molecule has 8 heteroatoms. The molecule has 24 heavy (non-hydrogen) atoms. The first-order valence-electron chi connectivity index (χ1n) is 7.28. The van der Waals surface area contributed by atoms with Gasteiger partial charge in [-0.25, -0.2) is 9.18 Å². The number of carbonyl (C=O) groups excluding carboxylic acids is 2. The average Bonchev–Trinajstić information content (AvgIpc) is 2.40. The van der Waals surface area contributed by atoms with Gasteiger partial charge in [-0.1, -0.05) is 23.2 Å². The number of carbonyl (C=O) groups is 2. The minimum absolute atomic E-state index is 0.0908. The number of likely N-dealkylation sites (N-methyl/N-ethyl adjacent to an activating group) is 1. The molecule has 134 valence electrons. The lowest BCUT2D eigenvalue weighted by Crippen LogP contribution is -2.41. The number of hydrogen-bond donors (Lipinski definition) is 1. The van der Waals surface area contributed by atoms with Crippen LogP contribution in [0.1, 0.15) is 39.3 Å². The van der Waals surface area contributed by atoms with Gasteiger partial charge in [0.15, 0.2) is 0 Å². The number of nitrogens with zero attached hydrogens (tertiary/aromatic N) is 1. The minimum atomic E-state index is -0.649. The highest BCUT2D eigenvalue weighted by Gasteiger charge is 2.22. The molecule has 0 saturated carbocycles. The van der Waals surface area contributed by atoms with Crippen LogP contribution in [0.25, 0.3) is 0 Å². The molecule has 0 saturated heterocycles. The molecular weight excluding hydrogens is 358 g/mol. The number of benzene rings is 1. The number of ether oxygens (including phenoxy) is 1. The zero-order valence-electron chi connectivity index (χ0n) is 14.2. The third-order valence-electron chi connectivity index (χ3n) is 2.97. The van der Waals surface area contributed by atoms with Crippen LogP contribution >= 0.6 is 23.2 Å². The lowest BCUT2D eigenvalue weighted by Gasteiger charge is -2.25. The van der Waals surface area contributed by atoms with Gasteiger partial charge in [-0.3, -0.25) is 4.79 Å². The Morgan fingerprint density at radius 1 is 1.29 bits per heavy atom. The average molecular weight is 379 g/mol. The van der Waals surface area contributed by atoms with Crippen molar-refractivity contribution in [1.82, 2.24) is 10.2 Å². The quantitative estimate of drug-likeness (QED) is 0.799. The van der Waals surface area contributed by atoms with Crippen LogP contribution in [0.2, 0.25) is 10.0 Å². The zero-order chi connectivity index (χ0) is 18.7. The maximum Gasteiger partial charge on any atom is 0.410 e. The second-order valence-corrected chi connectivity index (χ2v) is 7.23. The van der Waals surface area contributed by atoms with Gasteiger partial charge in [0, 0.05) is 12.1 Å². The Morgan fingerprint density at radius 2 is 1.88 bits per heavy atom. The summed E-state index contributed by atoms with van der Waals surface area (Å²) in [5, 5.41) is 2.80. The van der Waals surface area contributed by atoms with E-state index in [9.17, 15) is 14.0 Å². The summed E-state index contributed by atoms with van der Waals surface area (Å²) in [6.45, 7) is 6.65. The second kappa shape index (κ2) is 8.03. The summed E-state index contributed by atoms with van der Waals surface area (Å²) in [6.07, 6.45) is -0.610. The van der Waals surface area contributed by atoms with E-state index in [0.29, 0.717) is 5.56 Å². The highest BCUT2D eigenvalue weighted by molar-refractivity contribution is 6.35. The third kappa shape index (κ3) is 6.17. The van der Waals surface area contributed by atoms with Gasteiger partial charge < -0.3 is 15.0 Å². The fourth-order valence-electron chi connectivity index (χ4n) is 1.85. The van der Waals surface area contributed by atoms with Crippen molar-refractivity contribution < 1.29 is 18.7 Å². The molecule has 1 rings (SSSR count). The summed E-state index contributed by atoms with van der Waals surface area (Å²) in [5.41, 5.74) is -0.254. The molecule has 0 aromatic heterocycles. The molecule has 1 aromatic carbocycles. The first-order chi connectivity index (χ1) is 10.9. The minimum Gasteiger partial charge on any atom is -0.444 e. The van der Waals surface area contributed by atoms with Crippen LogP contribution < -0.4 is 5.32 Å². The Labute approximate surface area is 151 Å². The molecule has 5 nitrogen and oxygen atoms in total. The molecule has 0 spiro atoms. The van der Waals surface area contributed by atoms with Crippen molar-refractivity contribution in [1.29, 1.82) is 0 Å². The highest BCUT2D eigenvalue weighted by atomic mass is 35.5. The van der Waals surface area contributed by atoms with E-state index in [1.165, 1.54) is 19.2 Å². The van der Waals surface area contributed by atoms with Crippen LogP contribution in [-0.4, -0.2) is 36.1 Å². The van der Waals surface area contributed by atoms with Crippen LogP contribution in [-0.2, 0) is 9.53 Å².